The average Bonchev–Trinajstić information content (AvgIpc) is 2.60. The van der Waals surface area contributed by atoms with Gasteiger partial charge in [0.2, 0.25) is 0 Å². The molecular formula is C11H13F2N3O. The Kier molecular flexibility index (Phi) is 3.23. The molecule has 4 nitrogen and oxygen atoms in total. The molecule has 3 N–H and O–H groups in total. The summed E-state index contributed by atoms with van der Waals surface area (Å²) in [7, 11) is 0. The molecule has 92 valence electrons. The molecule has 0 saturated carbocycles. The molecule has 2 amide bonds. The summed E-state index contributed by atoms with van der Waals surface area (Å²) in [4.78, 5) is 13.0. The summed E-state index contributed by atoms with van der Waals surface area (Å²) in [6.45, 7) is 1.12. The van der Waals surface area contributed by atoms with Crippen molar-refractivity contribution in [1.82, 2.24) is 10.2 Å². The van der Waals surface area contributed by atoms with Crippen molar-refractivity contribution >= 4 is 6.03 Å². The highest BCUT2D eigenvalue weighted by molar-refractivity contribution is 5.77. The number of hydrogen-bond acceptors (Lipinski definition) is 2. The van der Waals surface area contributed by atoms with Crippen molar-refractivity contribution in [2.75, 3.05) is 19.6 Å². The Bertz CT molecular complexity index is 439. The third-order valence-corrected chi connectivity index (χ3v) is 2.72. The molecular weight excluding hydrogens is 228 g/mol. The Morgan fingerprint density at radius 3 is 2.88 bits per heavy atom. The van der Waals surface area contributed by atoms with E-state index < -0.39 is 17.7 Å². The Hall–Kier alpha value is -1.69. The van der Waals surface area contributed by atoms with Crippen molar-refractivity contribution in [3.8, 4) is 0 Å². The molecule has 1 aliphatic heterocycles. The molecule has 1 atom stereocenters. The summed E-state index contributed by atoms with van der Waals surface area (Å²) >= 11 is 0. The zero-order valence-corrected chi connectivity index (χ0v) is 9.12. The SMILES string of the molecule is NCCN1CC(c2ccc(F)cc2F)NC1=O. The van der Waals surface area contributed by atoms with Crippen LogP contribution in [0, 0.1) is 11.6 Å². The summed E-state index contributed by atoms with van der Waals surface area (Å²) < 4.78 is 26.3. The minimum atomic E-state index is -0.648. The van der Waals surface area contributed by atoms with E-state index in [-0.39, 0.29) is 6.03 Å². The minimum Gasteiger partial charge on any atom is -0.329 e. The van der Waals surface area contributed by atoms with Crippen LogP contribution in [0.2, 0.25) is 0 Å². The molecule has 6 heteroatoms. The lowest BCUT2D eigenvalue weighted by atomic mass is 10.1. The van der Waals surface area contributed by atoms with Crippen LogP contribution in [-0.4, -0.2) is 30.6 Å². The molecule has 2 rings (SSSR count). The molecule has 0 bridgehead atoms. The van der Waals surface area contributed by atoms with Crippen molar-refractivity contribution < 1.29 is 13.6 Å². The number of rotatable bonds is 3. The molecule has 1 unspecified atom stereocenters. The Labute approximate surface area is 97.4 Å². The number of amides is 2. The quantitative estimate of drug-likeness (QED) is 0.829. The van der Waals surface area contributed by atoms with Crippen molar-refractivity contribution in [2.24, 2.45) is 5.73 Å². The van der Waals surface area contributed by atoms with Gasteiger partial charge in [-0.25, -0.2) is 13.6 Å². The maximum absolute atomic E-state index is 13.5. The van der Waals surface area contributed by atoms with Gasteiger partial charge in [-0.3, -0.25) is 0 Å². The van der Waals surface area contributed by atoms with E-state index in [1.54, 1.807) is 0 Å². The van der Waals surface area contributed by atoms with Gasteiger partial charge in [-0.1, -0.05) is 6.07 Å². The van der Waals surface area contributed by atoms with Crippen LogP contribution in [0.5, 0.6) is 0 Å². The van der Waals surface area contributed by atoms with Gasteiger partial charge in [0, 0.05) is 31.3 Å². The first kappa shape index (κ1) is 11.8. The number of carbonyl (C=O) groups is 1. The number of halogens is 2. The number of nitrogens with one attached hydrogen (secondary N) is 1. The largest absolute Gasteiger partial charge is 0.329 e. The van der Waals surface area contributed by atoms with Crippen LogP contribution in [0.25, 0.3) is 0 Å². The zero-order valence-electron chi connectivity index (χ0n) is 9.12. The van der Waals surface area contributed by atoms with Gasteiger partial charge in [0.25, 0.3) is 0 Å². The molecule has 0 aliphatic carbocycles. The van der Waals surface area contributed by atoms with E-state index in [4.69, 9.17) is 5.73 Å². The predicted molar refractivity (Wildman–Crippen MR) is 58.3 cm³/mol. The van der Waals surface area contributed by atoms with Gasteiger partial charge in [0.1, 0.15) is 11.6 Å². The average molecular weight is 241 g/mol. The fourth-order valence-electron chi connectivity index (χ4n) is 1.90. The maximum atomic E-state index is 13.5. The van der Waals surface area contributed by atoms with E-state index in [0.717, 1.165) is 6.07 Å². The van der Waals surface area contributed by atoms with E-state index in [1.807, 2.05) is 0 Å². The highest BCUT2D eigenvalue weighted by Gasteiger charge is 2.30. The second-order valence-corrected chi connectivity index (χ2v) is 3.90. The van der Waals surface area contributed by atoms with Gasteiger partial charge in [0.05, 0.1) is 6.04 Å². The lowest BCUT2D eigenvalue weighted by Gasteiger charge is -2.13. The van der Waals surface area contributed by atoms with Crippen molar-refractivity contribution in [3.63, 3.8) is 0 Å². The predicted octanol–water partition coefficient (Wildman–Crippen LogP) is 0.990. The molecule has 17 heavy (non-hydrogen) atoms. The summed E-state index contributed by atoms with van der Waals surface area (Å²) in [5.41, 5.74) is 5.65. The molecule has 0 radical (unpaired) electrons. The van der Waals surface area contributed by atoms with Crippen LogP contribution in [-0.2, 0) is 0 Å². The third kappa shape index (κ3) is 2.36. The lowest BCUT2D eigenvalue weighted by Crippen LogP contribution is -2.32. The Morgan fingerprint density at radius 1 is 1.47 bits per heavy atom. The van der Waals surface area contributed by atoms with E-state index in [0.29, 0.717) is 25.2 Å². The molecule has 1 aromatic carbocycles. The maximum Gasteiger partial charge on any atom is 0.318 e. The highest BCUT2D eigenvalue weighted by atomic mass is 19.1. The number of benzene rings is 1. The van der Waals surface area contributed by atoms with E-state index >= 15 is 0 Å². The molecule has 0 spiro atoms. The van der Waals surface area contributed by atoms with Gasteiger partial charge < -0.3 is 16.0 Å². The third-order valence-electron chi connectivity index (χ3n) is 2.72. The van der Waals surface area contributed by atoms with Crippen molar-refractivity contribution in [3.05, 3.63) is 35.4 Å². The second-order valence-electron chi connectivity index (χ2n) is 3.90. The molecule has 1 heterocycles. The smallest absolute Gasteiger partial charge is 0.318 e. The molecule has 1 aromatic rings. The Morgan fingerprint density at radius 2 is 2.24 bits per heavy atom. The minimum absolute atomic E-state index is 0.274. The van der Waals surface area contributed by atoms with E-state index in [2.05, 4.69) is 5.32 Å². The van der Waals surface area contributed by atoms with Crippen LogP contribution in [0.4, 0.5) is 13.6 Å². The fourth-order valence-corrected chi connectivity index (χ4v) is 1.90. The summed E-state index contributed by atoms with van der Waals surface area (Å²) in [5.74, 6) is -1.28. The lowest BCUT2D eigenvalue weighted by molar-refractivity contribution is 0.218. The number of urea groups is 1. The van der Waals surface area contributed by atoms with E-state index in [1.165, 1.54) is 17.0 Å². The first-order valence-electron chi connectivity index (χ1n) is 5.32. The van der Waals surface area contributed by atoms with Crippen LogP contribution < -0.4 is 11.1 Å². The monoisotopic (exact) mass is 241 g/mol. The standard InChI is InChI=1S/C11H13F2N3O/c12-7-1-2-8(9(13)5-7)10-6-16(4-3-14)11(17)15-10/h1-2,5,10H,3-4,6,14H2,(H,15,17). The van der Waals surface area contributed by atoms with Crippen molar-refractivity contribution in [1.29, 1.82) is 0 Å². The number of nitrogens with two attached hydrogens (primary N) is 1. The number of hydrogen-bond donors (Lipinski definition) is 2. The summed E-state index contributed by atoms with van der Waals surface area (Å²) in [5, 5.41) is 2.63. The van der Waals surface area contributed by atoms with Gasteiger partial charge >= 0.3 is 6.03 Å². The highest BCUT2D eigenvalue weighted by Crippen LogP contribution is 2.23. The topological polar surface area (TPSA) is 58.4 Å². The first-order chi connectivity index (χ1) is 8.11. The van der Waals surface area contributed by atoms with Gasteiger partial charge in [-0.15, -0.1) is 0 Å². The summed E-state index contributed by atoms with van der Waals surface area (Å²) in [6, 6.07) is 2.61. The molecule has 1 aliphatic rings. The van der Waals surface area contributed by atoms with Gasteiger partial charge in [-0.2, -0.15) is 0 Å². The Balaban J connectivity index is 2.17. The van der Waals surface area contributed by atoms with Crippen LogP contribution in [0.15, 0.2) is 18.2 Å². The number of nitrogens with zero attached hydrogens (tertiary/aromatic N) is 1. The van der Waals surface area contributed by atoms with Crippen LogP contribution in [0.1, 0.15) is 11.6 Å². The summed E-state index contributed by atoms with van der Waals surface area (Å²) in [6.07, 6.45) is 0. The van der Waals surface area contributed by atoms with Crippen molar-refractivity contribution in [2.45, 2.75) is 6.04 Å². The van der Waals surface area contributed by atoms with E-state index in [9.17, 15) is 13.6 Å². The molecule has 0 aromatic heterocycles. The first-order valence-corrected chi connectivity index (χ1v) is 5.32. The van der Waals surface area contributed by atoms with Gasteiger partial charge in [-0.05, 0) is 6.07 Å². The molecule has 1 fully saturated rings. The number of carbonyl (C=O) groups excluding carboxylic acids is 1. The van der Waals surface area contributed by atoms with Crippen LogP contribution >= 0.6 is 0 Å². The van der Waals surface area contributed by atoms with Gasteiger partial charge in [0.15, 0.2) is 0 Å². The fraction of sp³-hybridized carbons (Fsp3) is 0.364. The zero-order chi connectivity index (χ0) is 12.4. The molecule has 1 saturated heterocycles. The normalized spacial score (nSPS) is 19.6. The van der Waals surface area contributed by atoms with Crippen LogP contribution in [0.3, 0.4) is 0 Å². The second kappa shape index (κ2) is 4.67.